The van der Waals surface area contributed by atoms with Gasteiger partial charge in [-0.1, -0.05) is 24.3 Å². The Morgan fingerprint density at radius 3 is 2.71 bits per heavy atom. The Morgan fingerprint density at radius 1 is 1.13 bits per heavy atom. The van der Waals surface area contributed by atoms with Gasteiger partial charge in [0.1, 0.15) is 11.6 Å². The van der Waals surface area contributed by atoms with Crippen molar-refractivity contribution < 1.29 is 13.6 Å². The van der Waals surface area contributed by atoms with Gasteiger partial charge in [-0.05, 0) is 54.7 Å². The lowest BCUT2D eigenvalue weighted by Gasteiger charge is -2.33. The minimum absolute atomic E-state index is 0.00733. The number of aryl methyl sites for hydroxylation is 1. The third kappa shape index (κ3) is 5.05. The van der Waals surface area contributed by atoms with Crippen LogP contribution in [0.4, 0.5) is 14.7 Å². The van der Waals surface area contributed by atoms with Crippen LogP contribution in [-0.2, 0) is 11.2 Å². The highest BCUT2D eigenvalue weighted by molar-refractivity contribution is 5.77. The van der Waals surface area contributed by atoms with Crippen LogP contribution in [0.1, 0.15) is 36.4 Å². The number of nitrogens with two attached hydrogens (primary N) is 1. The van der Waals surface area contributed by atoms with Crippen molar-refractivity contribution in [2.45, 2.75) is 31.6 Å². The molecule has 1 atom stereocenters. The molecule has 1 aliphatic heterocycles. The molecule has 0 spiro atoms. The predicted octanol–water partition coefficient (Wildman–Crippen LogP) is 4.34. The van der Waals surface area contributed by atoms with Gasteiger partial charge in [0.05, 0.1) is 5.69 Å². The number of rotatable bonds is 5. The van der Waals surface area contributed by atoms with Gasteiger partial charge in [-0.3, -0.25) is 4.79 Å². The molecule has 1 unspecified atom stereocenters. The zero-order chi connectivity index (χ0) is 21.8. The summed E-state index contributed by atoms with van der Waals surface area (Å²) < 4.78 is 26.9. The lowest BCUT2D eigenvalue weighted by molar-refractivity contribution is -0.132. The van der Waals surface area contributed by atoms with E-state index in [-0.39, 0.29) is 29.4 Å². The van der Waals surface area contributed by atoms with E-state index < -0.39 is 0 Å². The monoisotopic (exact) mass is 422 g/mol. The normalized spacial score (nSPS) is 16.3. The van der Waals surface area contributed by atoms with Crippen LogP contribution in [0.3, 0.4) is 0 Å². The van der Waals surface area contributed by atoms with E-state index in [0.29, 0.717) is 31.5 Å². The predicted molar refractivity (Wildman–Crippen MR) is 115 cm³/mol. The average molecular weight is 422 g/mol. The van der Waals surface area contributed by atoms with Crippen LogP contribution in [0.5, 0.6) is 0 Å². The molecule has 0 saturated carbocycles. The molecule has 7 heteroatoms. The first-order valence-corrected chi connectivity index (χ1v) is 10.4. The number of amides is 1. The van der Waals surface area contributed by atoms with Gasteiger partial charge in [0.15, 0.2) is 0 Å². The van der Waals surface area contributed by atoms with Crippen molar-refractivity contribution in [3.8, 4) is 11.1 Å². The number of hydrogen-bond donors (Lipinski definition) is 1. The van der Waals surface area contributed by atoms with Crippen molar-refractivity contribution in [3.63, 3.8) is 0 Å². The van der Waals surface area contributed by atoms with Crippen molar-refractivity contribution in [1.29, 1.82) is 0 Å². The van der Waals surface area contributed by atoms with Crippen LogP contribution in [0.2, 0.25) is 0 Å². The molecule has 4 rings (SSSR count). The molecule has 1 aliphatic rings. The largest absolute Gasteiger partial charge is 0.368 e. The topological polar surface area (TPSA) is 72.1 Å². The lowest BCUT2D eigenvalue weighted by Crippen LogP contribution is -2.39. The summed E-state index contributed by atoms with van der Waals surface area (Å²) in [5, 5.41) is 0. The summed E-state index contributed by atoms with van der Waals surface area (Å²) in [5.74, 6) is -0.404. The van der Waals surface area contributed by atoms with Crippen molar-refractivity contribution >= 4 is 11.9 Å². The minimum Gasteiger partial charge on any atom is -0.368 e. The summed E-state index contributed by atoms with van der Waals surface area (Å²) in [7, 11) is 0. The van der Waals surface area contributed by atoms with Gasteiger partial charge in [-0.25, -0.2) is 18.7 Å². The van der Waals surface area contributed by atoms with Gasteiger partial charge < -0.3 is 10.6 Å². The quantitative estimate of drug-likeness (QED) is 0.664. The molecule has 160 valence electrons. The molecule has 2 N–H and O–H groups in total. The zero-order valence-electron chi connectivity index (χ0n) is 17.1. The van der Waals surface area contributed by atoms with Crippen LogP contribution < -0.4 is 5.73 Å². The SMILES string of the molecule is Nc1ncc(-c2cccc(F)c2)c(C2CCCN(C(=O)CCc3ccc(F)cc3)C2)n1. The number of carbonyl (C=O) groups is 1. The second-order valence-corrected chi connectivity index (χ2v) is 7.84. The van der Waals surface area contributed by atoms with E-state index in [0.717, 1.165) is 29.7 Å². The standard InChI is InChI=1S/C24H24F2N4O/c25-19-9-6-16(7-10-19)8-11-22(31)30-12-2-4-18(15-30)23-21(14-28-24(27)29-23)17-3-1-5-20(26)13-17/h1,3,5-7,9-10,13-14,18H,2,4,8,11-12,15H2,(H2,27,28,29). The van der Waals surface area contributed by atoms with E-state index in [1.165, 1.54) is 24.3 Å². The van der Waals surface area contributed by atoms with E-state index in [4.69, 9.17) is 5.73 Å². The highest BCUT2D eigenvalue weighted by atomic mass is 19.1. The molecule has 31 heavy (non-hydrogen) atoms. The van der Waals surface area contributed by atoms with Crippen molar-refractivity contribution in [3.05, 3.63) is 77.6 Å². The van der Waals surface area contributed by atoms with Gasteiger partial charge in [0.2, 0.25) is 11.9 Å². The Hall–Kier alpha value is -3.35. The highest BCUT2D eigenvalue weighted by Gasteiger charge is 2.28. The maximum atomic E-state index is 13.8. The Morgan fingerprint density at radius 2 is 1.94 bits per heavy atom. The first kappa shape index (κ1) is 20.9. The Labute approximate surface area is 179 Å². The molecule has 0 radical (unpaired) electrons. The molecule has 1 amide bonds. The Balaban J connectivity index is 1.50. The molecule has 2 aromatic carbocycles. The number of nitrogen functional groups attached to an aromatic ring is 1. The maximum Gasteiger partial charge on any atom is 0.222 e. The maximum absolute atomic E-state index is 13.8. The fraction of sp³-hybridized carbons (Fsp3) is 0.292. The highest BCUT2D eigenvalue weighted by Crippen LogP contribution is 2.33. The smallest absolute Gasteiger partial charge is 0.222 e. The molecular formula is C24H24F2N4O. The Kier molecular flexibility index (Phi) is 6.21. The third-order valence-electron chi connectivity index (χ3n) is 5.67. The molecular weight excluding hydrogens is 398 g/mol. The minimum atomic E-state index is -0.332. The molecule has 0 aliphatic carbocycles. The fourth-order valence-electron chi connectivity index (χ4n) is 4.09. The third-order valence-corrected chi connectivity index (χ3v) is 5.67. The summed E-state index contributed by atoms with van der Waals surface area (Å²) in [6.45, 7) is 1.22. The number of anilines is 1. The van der Waals surface area contributed by atoms with E-state index >= 15 is 0 Å². The van der Waals surface area contributed by atoms with Crippen LogP contribution in [0.25, 0.3) is 11.1 Å². The Bertz CT molecular complexity index is 1070. The van der Waals surface area contributed by atoms with Gasteiger partial charge >= 0.3 is 0 Å². The number of carbonyl (C=O) groups excluding carboxylic acids is 1. The van der Waals surface area contributed by atoms with Crippen molar-refractivity contribution in [2.75, 3.05) is 18.8 Å². The van der Waals surface area contributed by atoms with Crippen molar-refractivity contribution in [1.82, 2.24) is 14.9 Å². The molecule has 0 bridgehead atoms. The van der Waals surface area contributed by atoms with E-state index in [1.54, 1.807) is 24.4 Å². The first-order valence-electron chi connectivity index (χ1n) is 10.4. The summed E-state index contributed by atoms with van der Waals surface area (Å²) >= 11 is 0. The van der Waals surface area contributed by atoms with Crippen LogP contribution in [0, 0.1) is 11.6 Å². The molecule has 2 heterocycles. The lowest BCUT2D eigenvalue weighted by atomic mass is 9.89. The van der Waals surface area contributed by atoms with Crippen LogP contribution in [0.15, 0.2) is 54.7 Å². The summed E-state index contributed by atoms with van der Waals surface area (Å²) in [6.07, 6.45) is 4.26. The number of benzene rings is 2. The number of halogens is 2. The second-order valence-electron chi connectivity index (χ2n) is 7.84. The van der Waals surface area contributed by atoms with Gasteiger partial charge in [-0.2, -0.15) is 0 Å². The molecule has 3 aromatic rings. The van der Waals surface area contributed by atoms with Crippen molar-refractivity contribution in [2.24, 2.45) is 0 Å². The van der Waals surface area contributed by atoms with E-state index in [9.17, 15) is 13.6 Å². The molecule has 1 aromatic heterocycles. The zero-order valence-corrected chi connectivity index (χ0v) is 17.1. The number of piperidine rings is 1. The van der Waals surface area contributed by atoms with E-state index in [2.05, 4.69) is 9.97 Å². The number of nitrogens with zero attached hydrogens (tertiary/aromatic N) is 3. The summed E-state index contributed by atoms with van der Waals surface area (Å²) in [4.78, 5) is 23.2. The number of hydrogen-bond acceptors (Lipinski definition) is 4. The van der Waals surface area contributed by atoms with Crippen LogP contribution in [-0.4, -0.2) is 33.9 Å². The fourth-order valence-corrected chi connectivity index (χ4v) is 4.09. The number of likely N-dealkylation sites (tertiary alicyclic amines) is 1. The summed E-state index contributed by atoms with van der Waals surface area (Å²) in [5.41, 5.74) is 8.96. The van der Waals surface area contributed by atoms with Gasteiger partial charge in [0.25, 0.3) is 0 Å². The van der Waals surface area contributed by atoms with Gasteiger partial charge in [-0.15, -0.1) is 0 Å². The molecule has 1 fully saturated rings. The van der Waals surface area contributed by atoms with E-state index in [1.807, 2.05) is 11.0 Å². The second kappa shape index (κ2) is 9.20. The van der Waals surface area contributed by atoms with Crippen LogP contribution >= 0.6 is 0 Å². The molecule has 1 saturated heterocycles. The number of aromatic nitrogens is 2. The average Bonchev–Trinajstić information content (AvgIpc) is 2.78. The molecule has 5 nitrogen and oxygen atoms in total. The van der Waals surface area contributed by atoms with Gasteiger partial charge in [0, 0.05) is 37.2 Å². The first-order chi connectivity index (χ1) is 15.0. The summed E-state index contributed by atoms with van der Waals surface area (Å²) in [6, 6.07) is 12.5.